The van der Waals surface area contributed by atoms with Gasteiger partial charge < -0.3 is 14.8 Å². The van der Waals surface area contributed by atoms with Gasteiger partial charge in [-0.15, -0.1) is 11.3 Å². The summed E-state index contributed by atoms with van der Waals surface area (Å²) >= 11 is 1.64. The highest BCUT2D eigenvalue weighted by Gasteiger charge is 2.22. The van der Waals surface area contributed by atoms with Crippen LogP contribution in [0.3, 0.4) is 0 Å². The molecule has 0 amide bonds. The SMILES string of the molecule is COc1ccc(C(CNCc2cscn2)N2CCOCC2)cc1. The highest BCUT2D eigenvalue weighted by atomic mass is 32.1. The van der Waals surface area contributed by atoms with Gasteiger partial charge in [-0.1, -0.05) is 12.1 Å². The number of nitrogens with one attached hydrogen (secondary N) is 1. The standard InChI is InChI=1S/C17H23N3O2S/c1-21-16-4-2-14(3-5-16)17(20-6-8-22-9-7-20)11-18-10-15-12-23-13-19-15/h2-5,12-13,17-18H,6-11H2,1H3. The zero-order valence-corrected chi connectivity index (χ0v) is 14.2. The van der Waals surface area contributed by atoms with Gasteiger partial charge in [0.25, 0.3) is 0 Å². The molecule has 1 aliphatic rings. The van der Waals surface area contributed by atoms with E-state index in [2.05, 4.69) is 32.7 Å². The summed E-state index contributed by atoms with van der Waals surface area (Å²) in [7, 11) is 1.70. The fourth-order valence-electron chi connectivity index (χ4n) is 2.83. The number of hydrogen-bond donors (Lipinski definition) is 1. The van der Waals surface area contributed by atoms with Gasteiger partial charge in [0.05, 0.1) is 31.5 Å². The molecule has 2 heterocycles. The number of aromatic nitrogens is 1. The number of nitrogens with zero attached hydrogens (tertiary/aromatic N) is 2. The largest absolute Gasteiger partial charge is 0.497 e. The molecule has 23 heavy (non-hydrogen) atoms. The first-order valence-corrected chi connectivity index (χ1v) is 8.84. The van der Waals surface area contributed by atoms with Crippen molar-refractivity contribution in [1.29, 1.82) is 0 Å². The van der Waals surface area contributed by atoms with Gasteiger partial charge in [-0.3, -0.25) is 4.90 Å². The van der Waals surface area contributed by atoms with Crippen LogP contribution in [-0.4, -0.2) is 49.8 Å². The number of methoxy groups -OCH3 is 1. The summed E-state index contributed by atoms with van der Waals surface area (Å²) in [6.45, 7) is 5.24. The van der Waals surface area contributed by atoms with Gasteiger partial charge in [-0.25, -0.2) is 4.98 Å². The van der Waals surface area contributed by atoms with Crippen molar-refractivity contribution in [3.63, 3.8) is 0 Å². The highest BCUT2D eigenvalue weighted by molar-refractivity contribution is 7.07. The summed E-state index contributed by atoms with van der Waals surface area (Å²) in [4.78, 5) is 6.81. The molecule has 1 saturated heterocycles. The summed E-state index contributed by atoms with van der Waals surface area (Å²) in [6, 6.07) is 8.71. The molecule has 5 nitrogen and oxygen atoms in total. The first-order valence-electron chi connectivity index (χ1n) is 7.90. The molecule has 6 heteroatoms. The second-order valence-corrected chi connectivity index (χ2v) is 6.27. The normalized spacial score (nSPS) is 17.1. The molecule has 1 fully saturated rings. The molecule has 0 aliphatic carbocycles. The number of rotatable bonds is 7. The van der Waals surface area contributed by atoms with E-state index >= 15 is 0 Å². The van der Waals surface area contributed by atoms with Crippen molar-refractivity contribution in [1.82, 2.24) is 15.2 Å². The summed E-state index contributed by atoms with van der Waals surface area (Å²) in [5, 5.41) is 5.63. The molecule has 1 N–H and O–H groups in total. The number of benzene rings is 1. The van der Waals surface area contributed by atoms with Crippen molar-refractivity contribution >= 4 is 11.3 Å². The van der Waals surface area contributed by atoms with Crippen LogP contribution in [-0.2, 0) is 11.3 Å². The molecule has 124 valence electrons. The smallest absolute Gasteiger partial charge is 0.118 e. The maximum atomic E-state index is 5.49. The van der Waals surface area contributed by atoms with Gasteiger partial charge >= 0.3 is 0 Å². The van der Waals surface area contributed by atoms with E-state index in [1.807, 2.05) is 17.6 Å². The molecule has 3 rings (SSSR count). The summed E-state index contributed by atoms with van der Waals surface area (Å²) in [5.74, 6) is 0.893. The zero-order valence-electron chi connectivity index (χ0n) is 13.4. The average molecular weight is 333 g/mol. The lowest BCUT2D eigenvalue weighted by Crippen LogP contribution is -2.42. The summed E-state index contributed by atoms with van der Waals surface area (Å²) in [6.07, 6.45) is 0. The molecule has 1 aromatic heterocycles. The minimum absolute atomic E-state index is 0.337. The van der Waals surface area contributed by atoms with Crippen LogP contribution in [0.4, 0.5) is 0 Å². The number of thiazole rings is 1. The molecule has 1 aromatic carbocycles. The molecule has 0 radical (unpaired) electrons. The molecule has 2 aromatic rings. The van der Waals surface area contributed by atoms with Crippen LogP contribution in [0.2, 0.25) is 0 Å². The Kier molecular flexibility index (Phi) is 5.99. The molecular formula is C17H23N3O2S. The second kappa shape index (κ2) is 8.40. The van der Waals surface area contributed by atoms with Crippen molar-refractivity contribution in [2.45, 2.75) is 12.6 Å². The molecule has 1 aliphatic heterocycles. The maximum Gasteiger partial charge on any atom is 0.118 e. The van der Waals surface area contributed by atoms with E-state index in [0.717, 1.165) is 50.8 Å². The first kappa shape index (κ1) is 16.4. The minimum Gasteiger partial charge on any atom is -0.497 e. The van der Waals surface area contributed by atoms with Gasteiger partial charge in [0.2, 0.25) is 0 Å². The number of ether oxygens (including phenoxy) is 2. The molecule has 1 unspecified atom stereocenters. The predicted octanol–water partition coefficient (Wildman–Crippen LogP) is 2.31. The Morgan fingerprint density at radius 3 is 2.74 bits per heavy atom. The third-order valence-corrected chi connectivity index (χ3v) is 4.75. The van der Waals surface area contributed by atoms with Crippen molar-refractivity contribution in [2.24, 2.45) is 0 Å². The predicted molar refractivity (Wildman–Crippen MR) is 91.9 cm³/mol. The fraction of sp³-hybridized carbons (Fsp3) is 0.471. The van der Waals surface area contributed by atoms with Crippen LogP contribution >= 0.6 is 11.3 Å². The molecule has 0 spiro atoms. The lowest BCUT2D eigenvalue weighted by Gasteiger charge is -2.35. The van der Waals surface area contributed by atoms with Crippen LogP contribution in [0.15, 0.2) is 35.2 Å². The lowest BCUT2D eigenvalue weighted by molar-refractivity contribution is 0.0161. The van der Waals surface area contributed by atoms with Crippen LogP contribution in [0, 0.1) is 0 Å². The third-order valence-electron chi connectivity index (χ3n) is 4.11. The van der Waals surface area contributed by atoms with Gasteiger partial charge in [0, 0.05) is 37.6 Å². The van der Waals surface area contributed by atoms with E-state index in [1.54, 1.807) is 18.4 Å². The first-order chi connectivity index (χ1) is 11.4. The minimum atomic E-state index is 0.337. The second-order valence-electron chi connectivity index (χ2n) is 5.55. The maximum absolute atomic E-state index is 5.49. The number of hydrogen-bond acceptors (Lipinski definition) is 6. The van der Waals surface area contributed by atoms with Crippen LogP contribution < -0.4 is 10.1 Å². The molecular weight excluding hydrogens is 310 g/mol. The summed E-state index contributed by atoms with van der Waals surface area (Å²) in [5.41, 5.74) is 4.28. The van der Waals surface area contributed by atoms with Crippen molar-refractivity contribution in [2.75, 3.05) is 40.0 Å². The molecule has 1 atom stereocenters. The zero-order chi connectivity index (χ0) is 15.9. The number of morpholine rings is 1. The van der Waals surface area contributed by atoms with E-state index < -0.39 is 0 Å². The highest BCUT2D eigenvalue weighted by Crippen LogP contribution is 2.23. The summed E-state index contributed by atoms with van der Waals surface area (Å²) < 4.78 is 10.8. The van der Waals surface area contributed by atoms with E-state index in [9.17, 15) is 0 Å². The van der Waals surface area contributed by atoms with E-state index in [1.165, 1.54) is 5.56 Å². The monoisotopic (exact) mass is 333 g/mol. The van der Waals surface area contributed by atoms with Gasteiger partial charge in [-0.2, -0.15) is 0 Å². The van der Waals surface area contributed by atoms with E-state index in [0.29, 0.717) is 6.04 Å². The van der Waals surface area contributed by atoms with Gasteiger partial charge in [-0.05, 0) is 17.7 Å². The topological polar surface area (TPSA) is 46.6 Å². The van der Waals surface area contributed by atoms with Crippen molar-refractivity contribution in [3.05, 3.63) is 46.4 Å². The van der Waals surface area contributed by atoms with Crippen LogP contribution in [0.25, 0.3) is 0 Å². The fourth-order valence-corrected chi connectivity index (χ4v) is 3.39. The van der Waals surface area contributed by atoms with Crippen molar-refractivity contribution < 1.29 is 9.47 Å². The van der Waals surface area contributed by atoms with Gasteiger partial charge in [0.15, 0.2) is 0 Å². The molecule has 0 saturated carbocycles. The Hall–Kier alpha value is -1.47. The molecule has 0 bridgehead atoms. The lowest BCUT2D eigenvalue weighted by atomic mass is 10.0. The third kappa shape index (κ3) is 4.51. The Morgan fingerprint density at radius 1 is 1.30 bits per heavy atom. The van der Waals surface area contributed by atoms with E-state index in [4.69, 9.17) is 9.47 Å². The van der Waals surface area contributed by atoms with Crippen molar-refractivity contribution in [3.8, 4) is 5.75 Å². The average Bonchev–Trinajstić information content (AvgIpc) is 3.13. The Balaban J connectivity index is 1.66. The Bertz CT molecular complexity index is 568. The van der Waals surface area contributed by atoms with Gasteiger partial charge in [0.1, 0.15) is 5.75 Å². The Morgan fingerprint density at radius 2 is 2.09 bits per heavy atom. The van der Waals surface area contributed by atoms with E-state index in [-0.39, 0.29) is 0 Å². The van der Waals surface area contributed by atoms with Crippen LogP contribution in [0.1, 0.15) is 17.3 Å². The quantitative estimate of drug-likeness (QED) is 0.842. The Labute approximate surface area is 141 Å². The van der Waals surface area contributed by atoms with Crippen LogP contribution in [0.5, 0.6) is 5.75 Å².